The Labute approximate surface area is 165 Å². The lowest BCUT2D eigenvalue weighted by Gasteiger charge is -2.11. The van der Waals surface area contributed by atoms with Crippen LogP contribution in [0.1, 0.15) is 21.9 Å². The largest absolute Gasteiger partial charge is 0.462 e. The number of amides is 2. The van der Waals surface area contributed by atoms with Gasteiger partial charge >= 0.3 is 0 Å². The maximum Gasteiger partial charge on any atom is 0.272 e. The number of halogens is 1. The number of anilines is 1. The first-order valence-electron chi connectivity index (χ1n) is 8.23. The predicted octanol–water partition coefficient (Wildman–Crippen LogP) is 4.76. The number of rotatable bonds is 5. The van der Waals surface area contributed by atoms with Crippen LogP contribution < -0.4 is 10.6 Å². The van der Waals surface area contributed by atoms with E-state index in [0.29, 0.717) is 22.8 Å². The molecule has 0 aliphatic rings. The third kappa shape index (κ3) is 5.18. The van der Waals surface area contributed by atoms with Crippen LogP contribution in [-0.4, -0.2) is 11.8 Å². The molecular formula is C21H17BrN2O3. The highest BCUT2D eigenvalue weighted by atomic mass is 79.9. The molecule has 1 aromatic heterocycles. The van der Waals surface area contributed by atoms with E-state index in [4.69, 9.17) is 4.42 Å². The molecular weight excluding hydrogens is 408 g/mol. The van der Waals surface area contributed by atoms with Gasteiger partial charge in [-0.05, 0) is 55.5 Å². The molecule has 1 heterocycles. The molecule has 27 heavy (non-hydrogen) atoms. The zero-order chi connectivity index (χ0) is 19.2. The maximum absolute atomic E-state index is 12.7. The van der Waals surface area contributed by atoms with E-state index in [1.165, 1.54) is 6.08 Å². The molecule has 0 aliphatic carbocycles. The number of benzene rings is 2. The van der Waals surface area contributed by atoms with Crippen LogP contribution in [0.25, 0.3) is 6.08 Å². The zero-order valence-corrected chi connectivity index (χ0v) is 16.1. The molecule has 0 saturated heterocycles. The SMILES string of the molecule is Cc1ccc(C=C(NC(=O)c2ccccc2)C(=O)Nc2ccc(Br)cc2)o1. The fourth-order valence-corrected chi connectivity index (χ4v) is 2.61. The minimum Gasteiger partial charge on any atom is -0.462 e. The van der Waals surface area contributed by atoms with Crippen molar-refractivity contribution in [3.63, 3.8) is 0 Å². The van der Waals surface area contributed by atoms with Gasteiger partial charge in [-0.25, -0.2) is 0 Å². The van der Waals surface area contributed by atoms with E-state index in [0.717, 1.165) is 4.47 Å². The van der Waals surface area contributed by atoms with Gasteiger partial charge in [-0.3, -0.25) is 9.59 Å². The van der Waals surface area contributed by atoms with Gasteiger partial charge in [-0.1, -0.05) is 34.1 Å². The first kappa shape index (κ1) is 18.7. The van der Waals surface area contributed by atoms with Crippen LogP contribution in [0.2, 0.25) is 0 Å². The Balaban J connectivity index is 1.85. The van der Waals surface area contributed by atoms with E-state index >= 15 is 0 Å². The van der Waals surface area contributed by atoms with Gasteiger partial charge in [-0.2, -0.15) is 0 Å². The summed E-state index contributed by atoms with van der Waals surface area (Å²) in [5.41, 5.74) is 1.15. The Hall–Kier alpha value is -3.12. The highest BCUT2D eigenvalue weighted by Gasteiger charge is 2.15. The number of furan rings is 1. The van der Waals surface area contributed by atoms with E-state index in [2.05, 4.69) is 26.6 Å². The van der Waals surface area contributed by atoms with Crippen LogP contribution in [0.15, 0.2) is 81.3 Å². The van der Waals surface area contributed by atoms with Crippen LogP contribution in [0, 0.1) is 6.92 Å². The van der Waals surface area contributed by atoms with Crippen molar-refractivity contribution in [2.75, 3.05) is 5.32 Å². The Kier molecular flexibility index (Phi) is 5.88. The van der Waals surface area contributed by atoms with Crippen molar-refractivity contribution in [3.8, 4) is 0 Å². The van der Waals surface area contributed by atoms with Crippen LogP contribution in [-0.2, 0) is 4.79 Å². The number of hydrogen-bond acceptors (Lipinski definition) is 3. The van der Waals surface area contributed by atoms with Crippen LogP contribution in [0.3, 0.4) is 0 Å². The summed E-state index contributed by atoms with van der Waals surface area (Å²) in [6.45, 7) is 1.81. The summed E-state index contributed by atoms with van der Waals surface area (Å²) in [6, 6.07) is 19.4. The minimum atomic E-state index is -0.448. The van der Waals surface area contributed by atoms with Crippen molar-refractivity contribution < 1.29 is 14.0 Å². The monoisotopic (exact) mass is 424 g/mol. The average Bonchev–Trinajstić information content (AvgIpc) is 3.08. The van der Waals surface area contributed by atoms with Crippen molar-refractivity contribution in [2.45, 2.75) is 6.92 Å². The molecule has 2 aromatic carbocycles. The van der Waals surface area contributed by atoms with E-state index in [1.54, 1.807) is 48.5 Å². The zero-order valence-electron chi connectivity index (χ0n) is 14.5. The van der Waals surface area contributed by atoms with E-state index in [9.17, 15) is 9.59 Å². The van der Waals surface area contributed by atoms with Gasteiger partial charge in [0.25, 0.3) is 11.8 Å². The van der Waals surface area contributed by atoms with Crippen molar-refractivity contribution in [1.29, 1.82) is 0 Å². The number of carbonyl (C=O) groups is 2. The molecule has 0 fully saturated rings. The summed E-state index contributed by atoms with van der Waals surface area (Å²) in [6.07, 6.45) is 1.50. The highest BCUT2D eigenvalue weighted by molar-refractivity contribution is 9.10. The summed E-state index contributed by atoms with van der Waals surface area (Å²) in [5.74, 6) is 0.358. The first-order valence-corrected chi connectivity index (χ1v) is 9.02. The molecule has 0 radical (unpaired) electrons. The van der Waals surface area contributed by atoms with Crippen molar-refractivity contribution >= 4 is 39.5 Å². The van der Waals surface area contributed by atoms with Gasteiger partial charge in [0.2, 0.25) is 0 Å². The summed E-state index contributed by atoms with van der Waals surface area (Å²) in [7, 11) is 0. The fraction of sp³-hybridized carbons (Fsp3) is 0.0476. The number of nitrogens with one attached hydrogen (secondary N) is 2. The van der Waals surface area contributed by atoms with Crippen molar-refractivity contribution in [3.05, 3.63) is 94.0 Å². The molecule has 0 bridgehead atoms. The second kappa shape index (κ2) is 8.51. The van der Waals surface area contributed by atoms with Gasteiger partial charge < -0.3 is 15.1 Å². The van der Waals surface area contributed by atoms with Crippen LogP contribution in [0.4, 0.5) is 5.69 Å². The molecule has 0 spiro atoms. The summed E-state index contributed by atoms with van der Waals surface area (Å²) in [4.78, 5) is 25.2. The lowest BCUT2D eigenvalue weighted by atomic mass is 10.2. The second-order valence-corrected chi connectivity index (χ2v) is 6.70. The highest BCUT2D eigenvalue weighted by Crippen LogP contribution is 2.16. The van der Waals surface area contributed by atoms with Crippen LogP contribution >= 0.6 is 15.9 Å². The van der Waals surface area contributed by atoms with Crippen molar-refractivity contribution in [2.24, 2.45) is 0 Å². The average molecular weight is 425 g/mol. The number of hydrogen-bond donors (Lipinski definition) is 2. The first-order chi connectivity index (χ1) is 13.0. The maximum atomic E-state index is 12.7. The Morgan fingerprint density at radius 2 is 1.67 bits per heavy atom. The fourth-order valence-electron chi connectivity index (χ4n) is 2.35. The minimum absolute atomic E-state index is 0.0844. The second-order valence-electron chi connectivity index (χ2n) is 5.79. The molecule has 2 N–H and O–H groups in total. The smallest absolute Gasteiger partial charge is 0.272 e. The van der Waals surface area contributed by atoms with E-state index in [-0.39, 0.29) is 11.6 Å². The van der Waals surface area contributed by atoms with Gasteiger partial charge in [0.05, 0.1) is 0 Å². The summed E-state index contributed by atoms with van der Waals surface area (Å²) in [5, 5.41) is 5.43. The number of aryl methyl sites for hydroxylation is 1. The lowest BCUT2D eigenvalue weighted by Crippen LogP contribution is -2.30. The molecule has 0 atom stereocenters. The van der Waals surface area contributed by atoms with Crippen molar-refractivity contribution in [1.82, 2.24) is 5.32 Å². The van der Waals surface area contributed by atoms with E-state index < -0.39 is 5.91 Å². The Morgan fingerprint density at radius 1 is 0.963 bits per heavy atom. The Bertz CT molecular complexity index is 976. The normalized spacial score (nSPS) is 11.1. The molecule has 0 aliphatic heterocycles. The quantitative estimate of drug-likeness (QED) is 0.579. The van der Waals surface area contributed by atoms with Crippen LogP contribution in [0.5, 0.6) is 0 Å². The predicted molar refractivity (Wildman–Crippen MR) is 108 cm³/mol. The molecule has 0 unspecified atom stereocenters. The van der Waals surface area contributed by atoms with Gasteiger partial charge in [0.15, 0.2) is 0 Å². The molecule has 0 saturated carbocycles. The molecule has 136 valence electrons. The van der Waals surface area contributed by atoms with Gasteiger partial charge in [0, 0.05) is 21.8 Å². The Morgan fingerprint density at radius 3 is 2.30 bits per heavy atom. The third-order valence-corrected chi connectivity index (χ3v) is 4.21. The molecule has 3 rings (SSSR count). The third-order valence-electron chi connectivity index (χ3n) is 3.68. The van der Waals surface area contributed by atoms with Gasteiger partial charge in [0.1, 0.15) is 17.2 Å². The summed E-state index contributed by atoms with van der Waals surface area (Å²) >= 11 is 3.35. The standard InChI is InChI=1S/C21H17BrN2O3/c1-14-7-12-18(27-14)13-19(24-20(25)15-5-3-2-4-6-15)21(26)23-17-10-8-16(22)9-11-17/h2-13H,1H3,(H,23,26)(H,24,25). The number of carbonyl (C=O) groups excluding carboxylic acids is 2. The molecule has 2 amide bonds. The lowest BCUT2D eigenvalue weighted by molar-refractivity contribution is -0.113. The summed E-state index contributed by atoms with van der Waals surface area (Å²) < 4.78 is 6.41. The molecule has 5 nitrogen and oxygen atoms in total. The van der Waals surface area contributed by atoms with E-state index in [1.807, 2.05) is 25.1 Å². The van der Waals surface area contributed by atoms with Gasteiger partial charge in [-0.15, -0.1) is 0 Å². The molecule has 6 heteroatoms. The molecule has 3 aromatic rings. The topological polar surface area (TPSA) is 71.3 Å².